The summed E-state index contributed by atoms with van der Waals surface area (Å²) in [4.78, 5) is 14.7. The standard InChI is InChI=1S/C13H14N2O5S/c1-8-3-4-10(13(16)17)5-11(8)21(18,19)15-7-12-14-6-9(2)20-12/h3-6,15H,7H2,1-2H3,(H,16,17). The molecular formula is C13H14N2O5S. The minimum Gasteiger partial charge on any atom is -0.478 e. The van der Waals surface area contributed by atoms with Gasteiger partial charge in [-0.3, -0.25) is 0 Å². The number of aromatic carboxylic acids is 1. The maximum absolute atomic E-state index is 12.2. The van der Waals surface area contributed by atoms with Crippen molar-refractivity contribution in [2.45, 2.75) is 25.3 Å². The number of carboxylic acid groups (broad SMARTS) is 1. The largest absolute Gasteiger partial charge is 0.478 e. The number of nitrogens with one attached hydrogen (secondary N) is 1. The molecule has 0 saturated heterocycles. The van der Waals surface area contributed by atoms with Crippen molar-refractivity contribution in [2.75, 3.05) is 0 Å². The van der Waals surface area contributed by atoms with E-state index >= 15 is 0 Å². The fraction of sp³-hybridized carbons (Fsp3) is 0.231. The molecule has 0 spiro atoms. The number of sulfonamides is 1. The van der Waals surface area contributed by atoms with Crippen molar-refractivity contribution in [1.82, 2.24) is 9.71 Å². The average Bonchev–Trinajstić information content (AvgIpc) is 2.82. The smallest absolute Gasteiger partial charge is 0.335 e. The van der Waals surface area contributed by atoms with Gasteiger partial charge < -0.3 is 9.52 Å². The van der Waals surface area contributed by atoms with Crippen LogP contribution in [0.25, 0.3) is 0 Å². The van der Waals surface area contributed by atoms with Gasteiger partial charge in [0.05, 0.1) is 23.2 Å². The number of aromatic nitrogens is 1. The Labute approximate surface area is 121 Å². The molecule has 7 nitrogen and oxygen atoms in total. The van der Waals surface area contributed by atoms with Crippen molar-refractivity contribution < 1.29 is 22.7 Å². The number of benzene rings is 1. The summed E-state index contributed by atoms with van der Waals surface area (Å²) in [5, 5.41) is 8.94. The molecule has 8 heteroatoms. The summed E-state index contributed by atoms with van der Waals surface area (Å²) in [7, 11) is -3.85. The van der Waals surface area contributed by atoms with Gasteiger partial charge in [-0.25, -0.2) is 22.9 Å². The normalized spacial score (nSPS) is 11.5. The predicted molar refractivity (Wildman–Crippen MR) is 73.4 cm³/mol. The van der Waals surface area contributed by atoms with E-state index in [4.69, 9.17) is 9.52 Å². The summed E-state index contributed by atoms with van der Waals surface area (Å²) in [6, 6.07) is 3.93. The van der Waals surface area contributed by atoms with Crippen LogP contribution in [0.5, 0.6) is 0 Å². The Hall–Kier alpha value is -2.19. The first kappa shape index (κ1) is 15.2. The molecule has 0 amide bonds. The van der Waals surface area contributed by atoms with Gasteiger partial charge in [0.25, 0.3) is 0 Å². The highest BCUT2D eigenvalue weighted by atomic mass is 32.2. The zero-order chi connectivity index (χ0) is 15.6. The Kier molecular flexibility index (Phi) is 4.10. The lowest BCUT2D eigenvalue weighted by molar-refractivity contribution is 0.0696. The van der Waals surface area contributed by atoms with Crippen molar-refractivity contribution in [3.63, 3.8) is 0 Å². The number of carboxylic acids is 1. The van der Waals surface area contributed by atoms with E-state index in [1.165, 1.54) is 18.3 Å². The maximum atomic E-state index is 12.2. The van der Waals surface area contributed by atoms with Gasteiger partial charge in [-0.05, 0) is 31.5 Å². The third-order valence-corrected chi connectivity index (χ3v) is 4.35. The number of carbonyl (C=O) groups is 1. The van der Waals surface area contributed by atoms with Gasteiger partial charge >= 0.3 is 5.97 Å². The summed E-state index contributed by atoms with van der Waals surface area (Å²) in [6.45, 7) is 3.19. The molecule has 0 bridgehead atoms. The third-order valence-electron chi connectivity index (χ3n) is 2.81. The van der Waals surface area contributed by atoms with Gasteiger partial charge in [0, 0.05) is 0 Å². The van der Waals surface area contributed by atoms with E-state index in [1.807, 2.05) is 0 Å². The number of hydrogen-bond donors (Lipinski definition) is 2. The van der Waals surface area contributed by atoms with E-state index in [0.717, 1.165) is 6.07 Å². The molecule has 2 N–H and O–H groups in total. The van der Waals surface area contributed by atoms with Gasteiger partial charge in [0.1, 0.15) is 5.76 Å². The van der Waals surface area contributed by atoms with Gasteiger partial charge in [-0.15, -0.1) is 0 Å². The van der Waals surface area contributed by atoms with Crippen LogP contribution in [0.4, 0.5) is 0 Å². The fourth-order valence-electron chi connectivity index (χ4n) is 1.74. The summed E-state index contributed by atoms with van der Waals surface area (Å²) < 4.78 is 32.0. The molecule has 2 rings (SSSR count). The van der Waals surface area contributed by atoms with Crippen molar-refractivity contribution in [1.29, 1.82) is 0 Å². The Morgan fingerprint density at radius 3 is 2.67 bits per heavy atom. The Morgan fingerprint density at radius 1 is 1.38 bits per heavy atom. The second-order valence-corrected chi connectivity index (χ2v) is 6.21. The molecule has 0 atom stereocenters. The molecule has 0 saturated carbocycles. The summed E-state index contributed by atoms with van der Waals surface area (Å²) in [5.74, 6) is -0.369. The zero-order valence-electron chi connectivity index (χ0n) is 11.5. The lowest BCUT2D eigenvalue weighted by atomic mass is 10.1. The molecule has 0 aliphatic carbocycles. The lowest BCUT2D eigenvalue weighted by Crippen LogP contribution is -2.24. The third kappa shape index (κ3) is 3.47. The van der Waals surface area contributed by atoms with E-state index in [0.29, 0.717) is 11.3 Å². The SMILES string of the molecule is Cc1cnc(CNS(=O)(=O)c2cc(C(=O)O)ccc2C)o1. The first-order valence-electron chi connectivity index (χ1n) is 6.04. The van der Waals surface area contributed by atoms with Crippen LogP contribution in [0.2, 0.25) is 0 Å². The number of oxazole rings is 1. The van der Waals surface area contributed by atoms with Crippen molar-refractivity contribution in [2.24, 2.45) is 0 Å². The number of aryl methyl sites for hydroxylation is 2. The molecule has 1 aromatic heterocycles. The molecule has 0 fully saturated rings. The van der Waals surface area contributed by atoms with Gasteiger partial charge in [0.2, 0.25) is 15.9 Å². The van der Waals surface area contributed by atoms with Crippen molar-refractivity contribution >= 4 is 16.0 Å². The highest BCUT2D eigenvalue weighted by Gasteiger charge is 2.19. The molecule has 0 unspecified atom stereocenters. The van der Waals surface area contributed by atoms with Crippen molar-refractivity contribution in [3.8, 4) is 0 Å². The lowest BCUT2D eigenvalue weighted by Gasteiger charge is -2.09. The predicted octanol–water partition coefficient (Wildman–Crippen LogP) is 1.47. The van der Waals surface area contributed by atoms with Crippen LogP contribution < -0.4 is 4.72 Å². The second kappa shape index (κ2) is 5.66. The minimum atomic E-state index is -3.85. The Bertz CT molecular complexity index is 780. The van der Waals surface area contributed by atoms with E-state index in [1.54, 1.807) is 13.8 Å². The quantitative estimate of drug-likeness (QED) is 0.865. The molecule has 1 aromatic carbocycles. The van der Waals surface area contributed by atoms with Crippen LogP contribution >= 0.6 is 0 Å². The molecule has 21 heavy (non-hydrogen) atoms. The molecule has 112 valence electrons. The number of nitrogens with zero attached hydrogens (tertiary/aromatic N) is 1. The second-order valence-electron chi connectivity index (χ2n) is 4.47. The first-order chi connectivity index (χ1) is 9.79. The maximum Gasteiger partial charge on any atom is 0.335 e. The van der Waals surface area contributed by atoms with Crippen LogP contribution in [-0.4, -0.2) is 24.5 Å². The van der Waals surface area contributed by atoms with Crippen LogP contribution in [0.3, 0.4) is 0 Å². The highest BCUT2D eigenvalue weighted by molar-refractivity contribution is 7.89. The van der Waals surface area contributed by atoms with Crippen LogP contribution in [0.1, 0.15) is 27.6 Å². The highest BCUT2D eigenvalue weighted by Crippen LogP contribution is 2.17. The van der Waals surface area contributed by atoms with E-state index in [9.17, 15) is 13.2 Å². The van der Waals surface area contributed by atoms with E-state index < -0.39 is 16.0 Å². The molecule has 2 aromatic rings. The van der Waals surface area contributed by atoms with Gasteiger partial charge in [0.15, 0.2) is 0 Å². The summed E-state index contributed by atoms with van der Waals surface area (Å²) >= 11 is 0. The molecule has 1 heterocycles. The van der Waals surface area contributed by atoms with Crippen LogP contribution in [-0.2, 0) is 16.6 Å². The number of rotatable bonds is 5. The summed E-state index contributed by atoms with van der Waals surface area (Å²) in [6.07, 6.45) is 1.49. The van der Waals surface area contributed by atoms with Crippen LogP contribution in [0.15, 0.2) is 33.7 Å². The molecule has 0 aliphatic heterocycles. The average molecular weight is 310 g/mol. The Morgan fingerprint density at radius 2 is 2.10 bits per heavy atom. The Balaban J connectivity index is 2.26. The topological polar surface area (TPSA) is 110 Å². The fourth-order valence-corrected chi connectivity index (χ4v) is 2.98. The minimum absolute atomic E-state index is 0.0781. The monoisotopic (exact) mass is 310 g/mol. The molecule has 0 aliphatic rings. The zero-order valence-corrected chi connectivity index (χ0v) is 12.3. The summed E-state index contributed by atoms with van der Waals surface area (Å²) in [5.41, 5.74) is 0.365. The van der Waals surface area contributed by atoms with Gasteiger partial charge in [-0.1, -0.05) is 6.07 Å². The molecular weight excluding hydrogens is 296 g/mol. The van der Waals surface area contributed by atoms with E-state index in [-0.39, 0.29) is 22.9 Å². The van der Waals surface area contributed by atoms with Gasteiger partial charge in [-0.2, -0.15) is 0 Å². The van der Waals surface area contributed by atoms with E-state index in [2.05, 4.69) is 9.71 Å². The van der Waals surface area contributed by atoms with Crippen molar-refractivity contribution in [3.05, 3.63) is 47.2 Å². The number of hydrogen-bond acceptors (Lipinski definition) is 5. The van der Waals surface area contributed by atoms with Crippen LogP contribution in [0, 0.1) is 13.8 Å². The molecule has 0 radical (unpaired) electrons. The first-order valence-corrected chi connectivity index (χ1v) is 7.53.